The van der Waals surface area contributed by atoms with Crippen molar-refractivity contribution in [3.05, 3.63) is 12.0 Å². The lowest BCUT2D eigenvalue weighted by molar-refractivity contribution is -0.136. The highest BCUT2D eigenvalue weighted by atomic mass is 16.5. The van der Waals surface area contributed by atoms with Crippen LogP contribution >= 0.6 is 0 Å². The Hall–Kier alpha value is -1.19. The van der Waals surface area contributed by atoms with Crippen molar-refractivity contribution in [1.82, 2.24) is 5.32 Å². The Morgan fingerprint density at radius 1 is 1.78 bits per heavy atom. The third kappa shape index (κ3) is 2.03. The second kappa shape index (κ2) is 3.77. The van der Waals surface area contributed by atoms with Crippen LogP contribution in [0, 0.1) is 0 Å². The number of aliphatic hydroxyl groups is 1. The third-order valence-electron chi connectivity index (χ3n) is 0.804. The van der Waals surface area contributed by atoms with Crippen LogP contribution in [0.2, 0.25) is 0 Å². The maximum Gasteiger partial charge on any atom is 0.357 e. The zero-order valence-corrected chi connectivity index (χ0v) is 5.34. The van der Waals surface area contributed by atoms with Crippen LogP contribution in [0.1, 0.15) is 0 Å². The van der Waals surface area contributed by atoms with E-state index in [2.05, 4.69) is 10.1 Å². The zero-order chi connectivity index (χ0) is 7.28. The maximum absolute atomic E-state index is 10.5. The van der Waals surface area contributed by atoms with E-state index in [1.165, 1.54) is 14.2 Å². The van der Waals surface area contributed by atoms with Crippen molar-refractivity contribution in [2.45, 2.75) is 0 Å². The molecule has 0 aliphatic carbocycles. The number of carbonyl (C=O) groups excluding carboxylic acids is 1. The van der Waals surface area contributed by atoms with Crippen LogP contribution in [0.15, 0.2) is 12.0 Å². The van der Waals surface area contributed by atoms with Crippen LogP contribution < -0.4 is 5.32 Å². The number of methoxy groups -OCH3 is 1. The number of aliphatic hydroxyl groups excluding tert-OH is 1. The van der Waals surface area contributed by atoms with Crippen molar-refractivity contribution in [3.8, 4) is 0 Å². The Kier molecular flexibility index (Phi) is 3.27. The highest BCUT2D eigenvalue weighted by Gasteiger charge is 2.04. The van der Waals surface area contributed by atoms with Crippen molar-refractivity contribution < 1.29 is 14.6 Å². The van der Waals surface area contributed by atoms with Gasteiger partial charge in [0.1, 0.15) is 6.26 Å². The average molecular weight is 131 g/mol. The molecule has 0 aromatic carbocycles. The Morgan fingerprint density at radius 3 is 2.44 bits per heavy atom. The fourth-order valence-electron chi connectivity index (χ4n) is 0.329. The van der Waals surface area contributed by atoms with Gasteiger partial charge in [-0.25, -0.2) is 4.79 Å². The van der Waals surface area contributed by atoms with Gasteiger partial charge in [-0.2, -0.15) is 0 Å². The number of nitrogens with one attached hydrogen (secondary N) is 1. The summed E-state index contributed by atoms with van der Waals surface area (Å²) in [6, 6.07) is 0. The van der Waals surface area contributed by atoms with Crippen LogP contribution in [0.25, 0.3) is 0 Å². The van der Waals surface area contributed by atoms with E-state index >= 15 is 0 Å². The van der Waals surface area contributed by atoms with Gasteiger partial charge < -0.3 is 15.2 Å². The zero-order valence-electron chi connectivity index (χ0n) is 5.34. The molecule has 52 valence electrons. The van der Waals surface area contributed by atoms with Gasteiger partial charge in [-0.3, -0.25) is 0 Å². The molecule has 0 unspecified atom stereocenters. The predicted molar refractivity (Wildman–Crippen MR) is 31.8 cm³/mol. The number of likely N-dealkylation sites (N-methyl/N-ethyl adjacent to an activating group) is 1. The highest BCUT2D eigenvalue weighted by Crippen LogP contribution is 1.87. The fourth-order valence-corrected chi connectivity index (χ4v) is 0.329. The van der Waals surface area contributed by atoms with Crippen LogP contribution in [0.3, 0.4) is 0 Å². The number of rotatable bonds is 2. The van der Waals surface area contributed by atoms with Crippen molar-refractivity contribution in [2.75, 3.05) is 14.2 Å². The summed E-state index contributed by atoms with van der Waals surface area (Å²) < 4.78 is 4.26. The van der Waals surface area contributed by atoms with Gasteiger partial charge in [0.25, 0.3) is 0 Å². The molecule has 0 saturated heterocycles. The van der Waals surface area contributed by atoms with E-state index in [-0.39, 0.29) is 5.70 Å². The first-order chi connectivity index (χ1) is 4.26. The molecule has 9 heavy (non-hydrogen) atoms. The summed E-state index contributed by atoms with van der Waals surface area (Å²) in [6.07, 6.45) is 0.659. The first kappa shape index (κ1) is 7.81. The molecule has 0 aromatic heterocycles. The normalized spacial score (nSPS) is 10.7. The lowest BCUT2D eigenvalue weighted by atomic mass is 10.5. The van der Waals surface area contributed by atoms with Crippen LogP contribution in [0.4, 0.5) is 0 Å². The quantitative estimate of drug-likeness (QED) is 0.309. The van der Waals surface area contributed by atoms with Gasteiger partial charge >= 0.3 is 5.97 Å². The molecule has 0 rings (SSSR count). The molecule has 4 nitrogen and oxygen atoms in total. The molecule has 0 spiro atoms. The van der Waals surface area contributed by atoms with Crippen molar-refractivity contribution in [3.63, 3.8) is 0 Å². The molecular formula is C5H9NO3. The second-order valence-electron chi connectivity index (χ2n) is 1.28. The van der Waals surface area contributed by atoms with Gasteiger partial charge in [0.2, 0.25) is 0 Å². The van der Waals surface area contributed by atoms with Crippen molar-refractivity contribution in [1.29, 1.82) is 0 Å². The molecule has 0 amide bonds. The molecule has 0 bridgehead atoms. The van der Waals surface area contributed by atoms with Gasteiger partial charge in [-0.1, -0.05) is 0 Å². The summed E-state index contributed by atoms with van der Waals surface area (Å²) in [4.78, 5) is 10.5. The Balaban J connectivity index is 3.97. The molecule has 0 radical (unpaired) electrons. The number of hydrogen-bond acceptors (Lipinski definition) is 4. The first-order valence-corrected chi connectivity index (χ1v) is 2.36. The smallest absolute Gasteiger partial charge is 0.357 e. The molecule has 0 fully saturated rings. The highest BCUT2D eigenvalue weighted by molar-refractivity contribution is 5.87. The fraction of sp³-hybridized carbons (Fsp3) is 0.400. The molecule has 4 heteroatoms. The summed E-state index contributed by atoms with van der Waals surface area (Å²) in [5.41, 5.74) is 0.0394. The predicted octanol–water partition coefficient (Wildman–Crippen LogP) is -0.222. The van der Waals surface area contributed by atoms with E-state index in [4.69, 9.17) is 5.11 Å². The molecule has 2 N–H and O–H groups in total. The average Bonchev–Trinajstić information content (AvgIpc) is 1.90. The Morgan fingerprint density at radius 2 is 2.33 bits per heavy atom. The maximum atomic E-state index is 10.5. The molecule has 0 heterocycles. The number of hydrogen-bond donors (Lipinski definition) is 2. The minimum Gasteiger partial charge on any atom is -0.513 e. The SMILES string of the molecule is CN/C(=C\O)C(=O)OC. The summed E-state index contributed by atoms with van der Waals surface area (Å²) >= 11 is 0. The van der Waals surface area contributed by atoms with Crippen LogP contribution in [-0.2, 0) is 9.53 Å². The van der Waals surface area contributed by atoms with Crippen molar-refractivity contribution >= 4 is 5.97 Å². The van der Waals surface area contributed by atoms with Gasteiger partial charge in [0, 0.05) is 7.05 Å². The molecular weight excluding hydrogens is 122 g/mol. The number of esters is 1. The largest absolute Gasteiger partial charge is 0.513 e. The lowest BCUT2D eigenvalue weighted by Crippen LogP contribution is -2.17. The van der Waals surface area contributed by atoms with Gasteiger partial charge in [0.15, 0.2) is 5.70 Å². The molecule has 0 saturated carbocycles. The number of ether oxygens (including phenoxy) is 1. The molecule has 0 atom stereocenters. The summed E-state index contributed by atoms with van der Waals surface area (Å²) in [5, 5.41) is 10.7. The van der Waals surface area contributed by atoms with Crippen LogP contribution in [-0.4, -0.2) is 25.2 Å². The molecule has 0 aromatic rings. The van der Waals surface area contributed by atoms with E-state index in [1.54, 1.807) is 0 Å². The monoisotopic (exact) mass is 131 g/mol. The summed E-state index contributed by atoms with van der Waals surface area (Å²) in [5.74, 6) is -0.583. The third-order valence-corrected chi connectivity index (χ3v) is 0.804. The second-order valence-corrected chi connectivity index (χ2v) is 1.28. The van der Waals surface area contributed by atoms with E-state index in [9.17, 15) is 4.79 Å². The number of carbonyl (C=O) groups is 1. The van der Waals surface area contributed by atoms with E-state index in [1.807, 2.05) is 0 Å². The van der Waals surface area contributed by atoms with E-state index in [0.29, 0.717) is 6.26 Å². The van der Waals surface area contributed by atoms with Crippen LogP contribution in [0.5, 0.6) is 0 Å². The van der Waals surface area contributed by atoms with E-state index < -0.39 is 5.97 Å². The van der Waals surface area contributed by atoms with Gasteiger partial charge in [-0.15, -0.1) is 0 Å². The molecule has 0 aliphatic rings. The topological polar surface area (TPSA) is 58.6 Å². The minimum atomic E-state index is -0.583. The van der Waals surface area contributed by atoms with Crippen molar-refractivity contribution in [2.24, 2.45) is 0 Å². The standard InChI is InChI=1S/C5H9NO3/c1-6-4(3-7)5(8)9-2/h3,6-7H,1-2H3/b4-3-. The first-order valence-electron chi connectivity index (χ1n) is 2.36. The molecule has 0 aliphatic heterocycles. The Bertz CT molecular complexity index is 130. The summed E-state index contributed by atoms with van der Waals surface area (Å²) in [7, 11) is 2.75. The minimum absolute atomic E-state index is 0.0394. The van der Waals surface area contributed by atoms with Gasteiger partial charge in [0.05, 0.1) is 7.11 Å². The summed E-state index contributed by atoms with van der Waals surface area (Å²) in [6.45, 7) is 0. The lowest BCUT2D eigenvalue weighted by Gasteiger charge is -1.99. The van der Waals surface area contributed by atoms with Gasteiger partial charge in [-0.05, 0) is 0 Å². The Labute approximate surface area is 53.1 Å². The van der Waals surface area contributed by atoms with E-state index in [0.717, 1.165) is 0 Å².